The number of allylic oxidation sites excluding steroid dienone is 2. The molecule has 5 aliphatic carbocycles. The maximum atomic E-state index is 14.6. The van der Waals surface area contributed by atoms with E-state index in [-0.39, 0.29) is 69.1 Å². The minimum absolute atomic E-state index is 0.0637. The fraction of sp³-hybridized carbons (Fsp3) is 0.838. The van der Waals surface area contributed by atoms with E-state index in [0.29, 0.717) is 25.3 Å². The Morgan fingerprint density at radius 2 is 1.61 bits per heavy atom. The lowest BCUT2D eigenvalue weighted by Crippen LogP contribution is -2.66. The number of ketones is 1. The van der Waals surface area contributed by atoms with Crippen molar-refractivity contribution < 1.29 is 29.0 Å². The van der Waals surface area contributed by atoms with Crippen LogP contribution in [-0.2, 0) is 23.9 Å². The Bertz CT molecular complexity index is 1250. The number of carbonyl (C=O) groups is 4. The van der Waals surface area contributed by atoms with Crippen LogP contribution in [-0.4, -0.2) is 41.4 Å². The zero-order valence-corrected chi connectivity index (χ0v) is 28.6. The van der Waals surface area contributed by atoms with Crippen molar-refractivity contribution in [3.63, 3.8) is 0 Å². The van der Waals surface area contributed by atoms with Crippen LogP contribution in [0.25, 0.3) is 0 Å². The van der Waals surface area contributed by atoms with Gasteiger partial charge in [-0.05, 0) is 110 Å². The lowest BCUT2D eigenvalue weighted by molar-refractivity contribution is -0.210. The average Bonchev–Trinajstić information content (AvgIpc) is 2.91. The largest absolute Gasteiger partial charge is 0.481 e. The highest BCUT2D eigenvalue weighted by molar-refractivity contribution is 5.95. The van der Waals surface area contributed by atoms with Crippen LogP contribution in [0.1, 0.15) is 132 Å². The van der Waals surface area contributed by atoms with E-state index in [1.807, 2.05) is 0 Å². The van der Waals surface area contributed by atoms with Crippen LogP contribution < -0.4 is 5.32 Å². The average molecular weight is 612 g/mol. The van der Waals surface area contributed by atoms with Gasteiger partial charge in [-0.1, -0.05) is 54.0 Å². The normalized spacial score (nSPS) is 44.2. The number of rotatable bonds is 7. The van der Waals surface area contributed by atoms with Crippen molar-refractivity contribution in [3.8, 4) is 0 Å². The molecule has 4 fully saturated rings. The molecule has 7 nitrogen and oxygen atoms in total. The number of nitrogens with one attached hydrogen (secondary N) is 1. The van der Waals surface area contributed by atoms with E-state index in [9.17, 15) is 19.2 Å². The molecule has 0 spiro atoms. The monoisotopic (exact) mass is 611 g/mol. The van der Waals surface area contributed by atoms with E-state index in [1.165, 1.54) is 12.5 Å². The minimum Gasteiger partial charge on any atom is -0.481 e. The number of hydrogen-bond donors (Lipinski definition) is 2. The summed E-state index contributed by atoms with van der Waals surface area (Å²) in [6.07, 6.45) is 11.7. The molecule has 5 aliphatic rings. The number of fused-ring (bicyclic) bond motifs is 7. The smallest absolute Gasteiger partial charge is 0.303 e. The second-order valence-electron chi connectivity index (χ2n) is 17.3. The highest BCUT2D eigenvalue weighted by Gasteiger charge is 2.70. The number of aliphatic carboxylic acids is 1. The Kier molecular flexibility index (Phi) is 8.27. The minimum atomic E-state index is -0.803. The molecule has 0 radical (unpaired) electrons. The van der Waals surface area contributed by atoms with Gasteiger partial charge in [-0.2, -0.15) is 0 Å². The van der Waals surface area contributed by atoms with Gasteiger partial charge in [0, 0.05) is 36.6 Å². The third-order valence-corrected chi connectivity index (χ3v) is 14.5. The van der Waals surface area contributed by atoms with E-state index < -0.39 is 11.4 Å². The zero-order chi connectivity index (χ0) is 32.5. The first kappa shape index (κ1) is 33.2. The number of amides is 1. The number of unbranched alkanes of at least 4 members (excludes halogenated alkanes) is 1. The van der Waals surface area contributed by atoms with Gasteiger partial charge in [-0.3, -0.25) is 19.2 Å². The molecule has 9 atom stereocenters. The van der Waals surface area contributed by atoms with Gasteiger partial charge in [0.1, 0.15) is 6.10 Å². The molecular weight excluding hydrogens is 554 g/mol. The Morgan fingerprint density at radius 1 is 0.932 bits per heavy atom. The molecule has 44 heavy (non-hydrogen) atoms. The summed E-state index contributed by atoms with van der Waals surface area (Å²) in [4.78, 5) is 51.0. The van der Waals surface area contributed by atoms with Crippen LogP contribution in [0.15, 0.2) is 11.6 Å². The van der Waals surface area contributed by atoms with Gasteiger partial charge in [0.25, 0.3) is 0 Å². The summed E-state index contributed by atoms with van der Waals surface area (Å²) in [5.74, 6) is -0.295. The number of carboxylic acid groups (broad SMARTS) is 1. The maximum Gasteiger partial charge on any atom is 0.303 e. The van der Waals surface area contributed by atoms with E-state index in [2.05, 4.69) is 59.9 Å². The van der Waals surface area contributed by atoms with Crippen molar-refractivity contribution in [2.24, 2.45) is 50.2 Å². The molecule has 0 bridgehead atoms. The third kappa shape index (κ3) is 4.98. The summed E-state index contributed by atoms with van der Waals surface area (Å²) < 4.78 is 5.86. The first-order valence-corrected chi connectivity index (χ1v) is 17.3. The molecular formula is C37H57NO6. The van der Waals surface area contributed by atoms with Crippen molar-refractivity contribution in [1.82, 2.24) is 5.32 Å². The molecule has 2 N–H and O–H groups in total. The lowest BCUT2D eigenvalue weighted by Gasteiger charge is -2.70. The lowest BCUT2D eigenvalue weighted by atomic mass is 9.33. The van der Waals surface area contributed by atoms with Crippen molar-refractivity contribution in [2.75, 3.05) is 6.54 Å². The Balaban J connectivity index is 1.44. The molecule has 5 rings (SSSR count). The summed E-state index contributed by atoms with van der Waals surface area (Å²) in [6, 6.07) is 0. The molecule has 7 heteroatoms. The second kappa shape index (κ2) is 11.0. The van der Waals surface area contributed by atoms with Gasteiger partial charge in [0.15, 0.2) is 5.78 Å². The molecule has 0 aromatic carbocycles. The number of carboxylic acids is 1. The van der Waals surface area contributed by atoms with Crippen molar-refractivity contribution in [1.29, 1.82) is 0 Å². The van der Waals surface area contributed by atoms with Gasteiger partial charge in [0.2, 0.25) is 5.91 Å². The van der Waals surface area contributed by atoms with Crippen LogP contribution >= 0.6 is 0 Å². The maximum absolute atomic E-state index is 14.6. The standard InChI is InChI=1S/C37H57NO6/c1-23(39)44-28-13-14-35(6)27(32(28,2)3)12-15-37(8)30(35)26(40)21-24-25-22-34(5,31(43)38-20-10-9-11-29(41)42)17-16-33(25,4)18-19-36(24,37)7/h21,25,27-28,30H,9-20,22H2,1-8H3,(H,38,43)(H,41,42)/t25-,27-,28-,30+,33+,34-,35-,36+,37+/m0/s1. The number of hydrogen-bond acceptors (Lipinski definition) is 5. The summed E-state index contributed by atoms with van der Waals surface area (Å²) in [6.45, 7) is 18.2. The van der Waals surface area contributed by atoms with Crippen LogP contribution in [0.3, 0.4) is 0 Å². The van der Waals surface area contributed by atoms with Crippen molar-refractivity contribution in [2.45, 2.75) is 139 Å². The summed E-state index contributed by atoms with van der Waals surface area (Å²) in [5, 5.41) is 12.1. The molecule has 0 heterocycles. The molecule has 4 saturated carbocycles. The highest BCUT2D eigenvalue weighted by atomic mass is 16.5. The SMILES string of the molecule is CC(=O)O[C@H]1CC[C@]2(C)[C@H]3C(=O)C=C4[C@@H]5C[C@@](C)(C(=O)NCCCCC(=O)O)CC[C@]5(C)CC[C@@]4(C)[C@]3(C)CC[C@H]2C1(C)C. The van der Waals surface area contributed by atoms with E-state index >= 15 is 0 Å². The topological polar surface area (TPSA) is 110 Å². The quantitative estimate of drug-likeness (QED) is 0.231. The molecule has 246 valence electrons. The predicted octanol–water partition coefficient (Wildman–Crippen LogP) is 7.27. The van der Waals surface area contributed by atoms with Crippen LogP contribution in [0.2, 0.25) is 0 Å². The van der Waals surface area contributed by atoms with E-state index in [0.717, 1.165) is 57.8 Å². The fourth-order valence-corrected chi connectivity index (χ4v) is 11.6. The molecule has 0 saturated heterocycles. The zero-order valence-electron chi connectivity index (χ0n) is 28.6. The van der Waals surface area contributed by atoms with Gasteiger partial charge in [-0.25, -0.2) is 0 Å². The highest BCUT2D eigenvalue weighted by Crippen LogP contribution is 2.75. The van der Waals surface area contributed by atoms with Gasteiger partial charge in [0.05, 0.1) is 0 Å². The van der Waals surface area contributed by atoms with Crippen molar-refractivity contribution >= 4 is 23.6 Å². The molecule has 1 amide bonds. The van der Waals surface area contributed by atoms with Gasteiger partial charge >= 0.3 is 11.9 Å². The summed E-state index contributed by atoms with van der Waals surface area (Å²) in [7, 11) is 0. The number of esters is 1. The Labute approximate surface area is 264 Å². The fourth-order valence-electron chi connectivity index (χ4n) is 11.6. The summed E-state index contributed by atoms with van der Waals surface area (Å²) in [5.41, 5.74) is 0.184. The van der Waals surface area contributed by atoms with Crippen LogP contribution in [0, 0.1) is 50.2 Å². The summed E-state index contributed by atoms with van der Waals surface area (Å²) >= 11 is 0. The van der Waals surface area contributed by atoms with E-state index in [1.54, 1.807) is 0 Å². The molecule has 0 aliphatic heterocycles. The van der Waals surface area contributed by atoms with Crippen LogP contribution in [0.4, 0.5) is 0 Å². The predicted molar refractivity (Wildman–Crippen MR) is 169 cm³/mol. The first-order valence-electron chi connectivity index (χ1n) is 17.3. The number of ether oxygens (including phenoxy) is 1. The molecule has 0 aromatic heterocycles. The Morgan fingerprint density at radius 3 is 2.27 bits per heavy atom. The van der Waals surface area contributed by atoms with Crippen molar-refractivity contribution in [3.05, 3.63) is 11.6 Å². The Hall–Kier alpha value is -2.18. The van der Waals surface area contributed by atoms with E-state index in [4.69, 9.17) is 9.84 Å². The second-order valence-corrected chi connectivity index (χ2v) is 17.3. The first-order chi connectivity index (χ1) is 20.3. The van der Waals surface area contributed by atoms with Gasteiger partial charge < -0.3 is 15.2 Å². The molecule has 0 aromatic rings. The van der Waals surface area contributed by atoms with Crippen LogP contribution in [0.5, 0.6) is 0 Å². The molecule has 0 unspecified atom stereocenters. The van der Waals surface area contributed by atoms with Gasteiger partial charge in [-0.15, -0.1) is 0 Å². The third-order valence-electron chi connectivity index (χ3n) is 14.5. The number of carbonyl (C=O) groups excluding carboxylic acids is 3.